The van der Waals surface area contributed by atoms with Crippen LogP contribution in [0.4, 0.5) is 5.69 Å². The van der Waals surface area contributed by atoms with Crippen molar-refractivity contribution in [2.24, 2.45) is 11.7 Å². The molecule has 19 heavy (non-hydrogen) atoms. The summed E-state index contributed by atoms with van der Waals surface area (Å²) in [6.07, 6.45) is 2.17. The molecule has 1 aliphatic rings. The van der Waals surface area contributed by atoms with Gasteiger partial charge in [0, 0.05) is 11.3 Å². The summed E-state index contributed by atoms with van der Waals surface area (Å²) >= 11 is 0. The van der Waals surface area contributed by atoms with Crippen LogP contribution in [0.5, 0.6) is 0 Å². The van der Waals surface area contributed by atoms with Crippen molar-refractivity contribution in [2.45, 2.75) is 25.8 Å². The Morgan fingerprint density at radius 1 is 1.32 bits per heavy atom. The normalized spacial score (nSPS) is 22.8. The lowest BCUT2D eigenvalue weighted by Gasteiger charge is -2.28. The average molecular weight is 261 g/mol. The lowest BCUT2D eigenvalue weighted by atomic mass is 9.92. The molecule has 1 heterocycles. The Balaban J connectivity index is 2.00. The molecule has 0 aromatic heterocycles. The maximum absolute atomic E-state index is 12.1. The molecule has 1 fully saturated rings. The van der Waals surface area contributed by atoms with Gasteiger partial charge in [0.1, 0.15) is 0 Å². The molecule has 2 rings (SSSR count). The number of hydrogen-bond acceptors (Lipinski definition) is 3. The fourth-order valence-corrected chi connectivity index (χ4v) is 2.34. The average Bonchev–Trinajstić information content (AvgIpc) is 2.39. The molecule has 2 amide bonds. The maximum atomic E-state index is 12.1. The van der Waals surface area contributed by atoms with E-state index in [2.05, 4.69) is 17.6 Å². The van der Waals surface area contributed by atoms with Gasteiger partial charge in [0.25, 0.3) is 0 Å². The smallest absolute Gasteiger partial charge is 0.248 e. The van der Waals surface area contributed by atoms with E-state index in [1.54, 1.807) is 24.3 Å². The van der Waals surface area contributed by atoms with Gasteiger partial charge in [0.15, 0.2) is 0 Å². The molecule has 5 nitrogen and oxygen atoms in total. The number of nitrogens with one attached hydrogen (secondary N) is 2. The van der Waals surface area contributed by atoms with E-state index < -0.39 is 5.91 Å². The van der Waals surface area contributed by atoms with E-state index in [1.807, 2.05) is 0 Å². The van der Waals surface area contributed by atoms with Crippen molar-refractivity contribution in [3.8, 4) is 0 Å². The van der Waals surface area contributed by atoms with E-state index in [0.717, 1.165) is 19.4 Å². The van der Waals surface area contributed by atoms with E-state index in [4.69, 9.17) is 5.73 Å². The Morgan fingerprint density at radius 3 is 2.58 bits per heavy atom. The summed E-state index contributed by atoms with van der Waals surface area (Å²) in [5.74, 6) is -0.168. The number of carbonyl (C=O) groups is 2. The van der Waals surface area contributed by atoms with E-state index in [0.29, 0.717) is 17.2 Å². The predicted octanol–water partition coefficient (Wildman–Crippen LogP) is 1.11. The van der Waals surface area contributed by atoms with Crippen molar-refractivity contribution in [2.75, 3.05) is 11.9 Å². The number of benzene rings is 1. The lowest BCUT2D eigenvalue weighted by Crippen LogP contribution is -2.48. The first-order chi connectivity index (χ1) is 9.08. The zero-order valence-corrected chi connectivity index (χ0v) is 11.0. The summed E-state index contributed by atoms with van der Waals surface area (Å²) in [5.41, 5.74) is 6.27. The molecular formula is C14H19N3O2. The summed E-state index contributed by atoms with van der Waals surface area (Å²) in [6, 6.07) is 6.44. The summed E-state index contributed by atoms with van der Waals surface area (Å²) in [4.78, 5) is 23.1. The van der Waals surface area contributed by atoms with Crippen LogP contribution in [0.15, 0.2) is 24.3 Å². The molecule has 2 atom stereocenters. The molecule has 0 saturated carbocycles. The van der Waals surface area contributed by atoms with Gasteiger partial charge in [-0.15, -0.1) is 0 Å². The molecule has 0 spiro atoms. The van der Waals surface area contributed by atoms with Crippen molar-refractivity contribution in [3.05, 3.63) is 29.8 Å². The number of carbonyl (C=O) groups excluding carboxylic acids is 2. The summed E-state index contributed by atoms with van der Waals surface area (Å²) < 4.78 is 0. The van der Waals surface area contributed by atoms with Crippen molar-refractivity contribution >= 4 is 17.5 Å². The Bertz CT molecular complexity index is 470. The van der Waals surface area contributed by atoms with Gasteiger partial charge in [-0.2, -0.15) is 0 Å². The largest absolute Gasteiger partial charge is 0.366 e. The molecule has 2 unspecified atom stereocenters. The van der Waals surface area contributed by atoms with Gasteiger partial charge in [0.2, 0.25) is 11.8 Å². The molecule has 5 heteroatoms. The van der Waals surface area contributed by atoms with E-state index >= 15 is 0 Å². The fourth-order valence-electron chi connectivity index (χ4n) is 2.34. The molecule has 1 aromatic rings. The third kappa shape index (κ3) is 3.32. The number of primary amides is 1. The quantitative estimate of drug-likeness (QED) is 0.762. The van der Waals surface area contributed by atoms with Gasteiger partial charge in [-0.1, -0.05) is 6.92 Å². The van der Waals surface area contributed by atoms with Crippen LogP contribution in [0.2, 0.25) is 0 Å². The molecular weight excluding hydrogens is 242 g/mol. The second-order valence-corrected chi connectivity index (χ2v) is 4.98. The third-order valence-corrected chi connectivity index (χ3v) is 3.49. The highest BCUT2D eigenvalue weighted by Gasteiger charge is 2.27. The van der Waals surface area contributed by atoms with Crippen LogP contribution < -0.4 is 16.4 Å². The van der Waals surface area contributed by atoms with Crippen molar-refractivity contribution in [3.63, 3.8) is 0 Å². The number of amides is 2. The number of hydrogen-bond donors (Lipinski definition) is 3. The molecule has 1 aromatic carbocycles. The standard InChI is InChI=1S/C14H19N3O2/c1-9-3-2-8-16-12(9)14(19)17-11-6-4-10(5-7-11)13(15)18/h4-7,9,12,16H,2-3,8H2,1H3,(H2,15,18)(H,17,19). The molecule has 102 valence electrons. The zero-order valence-electron chi connectivity index (χ0n) is 11.0. The summed E-state index contributed by atoms with van der Waals surface area (Å²) in [6.45, 7) is 2.95. The first-order valence-electron chi connectivity index (χ1n) is 6.52. The highest BCUT2D eigenvalue weighted by molar-refractivity contribution is 5.96. The first-order valence-corrected chi connectivity index (χ1v) is 6.52. The zero-order chi connectivity index (χ0) is 13.8. The molecule has 0 radical (unpaired) electrons. The van der Waals surface area contributed by atoms with Gasteiger partial charge in [-0.3, -0.25) is 9.59 Å². The number of anilines is 1. The Morgan fingerprint density at radius 2 is 2.00 bits per heavy atom. The van der Waals surface area contributed by atoms with Crippen LogP contribution in [0.1, 0.15) is 30.1 Å². The van der Waals surface area contributed by atoms with E-state index in [9.17, 15) is 9.59 Å². The van der Waals surface area contributed by atoms with Crippen LogP contribution >= 0.6 is 0 Å². The summed E-state index contributed by atoms with van der Waals surface area (Å²) in [5, 5.41) is 6.09. The minimum atomic E-state index is -0.472. The molecule has 1 saturated heterocycles. The van der Waals surface area contributed by atoms with Crippen molar-refractivity contribution in [1.82, 2.24) is 5.32 Å². The summed E-state index contributed by atoms with van der Waals surface area (Å²) in [7, 11) is 0. The van der Waals surface area contributed by atoms with Crippen LogP contribution in [0.3, 0.4) is 0 Å². The Labute approximate surface area is 112 Å². The van der Waals surface area contributed by atoms with Crippen LogP contribution in [-0.4, -0.2) is 24.4 Å². The number of nitrogens with two attached hydrogens (primary N) is 1. The molecule has 4 N–H and O–H groups in total. The van der Waals surface area contributed by atoms with Gasteiger partial charge < -0.3 is 16.4 Å². The van der Waals surface area contributed by atoms with Crippen LogP contribution in [-0.2, 0) is 4.79 Å². The van der Waals surface area contributed by atoms with Crippen LogP contribution in [0.25, 0.3) is 0 Å². The third-order valence-electron chi connectivity index (χ3n) is 3.49. The minimum absolute atomic E-state index is 0.0287. The van der Waals surface area contributed by atoms with Crippen molar-refractivity contribution < 1.29 is 9.59 Å². The maximum Gasteiger partial charge on any atom is 0.248 e. The second-order valence-electron chi connectivity index (χ2n) is 4.98. The molecule has 0 aliphatic carbocycles. The minimum Gasteiger partial charge on any atom is -0.366 e. The first kappa shape index (κ1) is 13.5. The highest BCUT2D eigenvalue weighted by atomic mass is 16.2. The molecule has 1 aliphatic heterocycles. The van der Waals surface area contributed by atoms with Gasteiger partial charge >= 0.3 is 0 Å². The lowest BCUT2D eigenvalue weighted by molar-refractivity contribution is -0.119. The van der Waals surface area contributed by atoms with Gasteiger partial charge in [-0.25, -0.2) is 0 Å². The second kappa shape index (κ2) is 5.84. The Kier molecular flexibility index (Phi) is 4.16. The number of piperidine rings is 1. The Hall–Kier alpha value is -1.88. The fraction of sp³-hybridized carbons (Fsp3) is 0.429. The van der Waals surface area contributed by atoms with E-state index in [-0.39, 0.29) is 11.9 Å². The molecule has 0 bridgehead atoms. The predicted molar refractivity (Wildman–Crippen MR) is 73.8 cm³/mol. The van der Waals surface area contributed by atoms with E-state index in [1.165, 1.54) is 0 Å². The number of rotatable bonds is 3. The van der Waals surface area contributed by atoms with Crippen LogP contribution in [0, 0.1) is 5.92 Å². The van der Waals surface area contributed by atoms with Crippen molar-refractivity contribution in [1.29, 1.82) is 0 Å². The SMILES string of the molecule is CC1CCCNC1C(=O)Nc1ccc(C(N)=O)cc1. The van der Waals surface area contributed by atoms with Gasteiger partial charge in [-0.05, 0) is 49.6 Å². The topological polar surface area (TPSA) is 84.2 Å². The highest BCUT2D eigenvalue weighted by Crippen LogP contribution is 2.17. The monoisotopic (exact) mass is 261 g/mol. The van der Waals surface area contributed by atoms with Gasteiger partial charge in [0.05, 0.1) is 6.04 Å².